The molecule has 252 valence electrons. The normalized spacial score (nSPS) is 10.3. The summed E-state index contributed by atoms with van der Waals surface area (Å²) in [5.41, 5.74) is 0. The number of carboxylic acids is 2. The number of unbranched alkanes of at least 4 members (excludes halogenated alkanes) is 28. The zero-order chi connectivity index (χ0) is 29.8. The van der Waals surface area contributed by atoms with Crippen LogP contribution >= 0.6 is 0 Å². The van der Waals surface area contributed by atoms with Crippen LogP contribution in [0.15, 0.2) is 0 Å². The molecule has 0 saturated heterocycles. The van der Waals surface area contributed by atoms with Gasteiger partial charge in [0.25, 0.3) is 0 Å². The maximum absolute atomic E-state index is 10.3. The van der Waals surface area contributed by atoms with Gasteiger partial charge in [0.05, 0.1) is 0 Å². The van der Waals surface area contributed by atoms with Gasteiger partial charge in [-0.15, -0.1) is 0 Å². The first kappa shape index (κ1) is 49.3. The summed E-state index contributed by atoms with van der Waals surface area (Å²) in [6.07, 6.45) is 40.4. The van der Waals surface area contributed by atoms with Crippen molar-refractivity contribution in [2.45, 2.75) is 219 Å². The molecule has 0 atom stereocenters. The van der Waals surface area contributed by atoms with Gasteiger partial charge in [-0.2, -0.15) is 0 Å². The van der Waals surface area contributed by atoms with Crippen molar-refractivity contribution < 1.29 is 19.8 Å². The SMILES string of the molecule is CCCCCCCCCCCCCCCCCC(=O)O.CCCCCCCCCCCCCCCCCC(=O)O.[AlH3].[PbH2]. The van der Waals surface area contributed by atoms with Crippen molar-refractivity contribution in [3.05, 3.63) is 0 Å². The summed E-state index contributed by atoms with van der Waals surface area (Å²) >= 11 is 0. The predicted octanol–water partition coefficient (Wildman–Crippen LogP) is 10.6. The van der Waals surface area contributed by atoms with Crippen molar-refractivity contribution in [1.29, 1.82) is 0 Å². The van der Waals surface area contributed by atoms with E-state index in [0.29, 0.717) is 12.8 Å². The molecule has 0 aliphatic rings. The summed E-state index contributed by atoms with van der Waals surface area (Å²) in [6.45, 7) is 4.54. The molecule has 0 fully saturated rings. The van der Waals surface area contributed by atoms with Crippen LogP contribution in [-0.4, -0.2) is 66.8 Å². The maximum atomic E-state index is 10.3. The van der Waals surface area contributed by atoms with Gasteiger partial charge in [-0.3, -0.25) is 9.59 Å². The molecule has 0 rings (SSSR count). The van der Waals surface area contributed by atoms with E-state index in [2.05, 4.69) is 13.8 Å². The van der Waals surface area contributed by atoms with Crippen LogP contribution in [-0.2, 0) is 9.59 Å². The van der Waals surface area contributed by atoms with E-state index >= 15 is 0 Å². The summed E-state index contributed by atoms with van der Waals surface area (Å²) in [5, 5.41) is 17.0. The minimum absolute atomic E-state index is 0. The van der Waals surface area contributed by atoms with E-state index in [9.17, 15) is 9.59 Å². The molecule has 0 spiro atoms. The average Bonchev–Trinajstić information content (AvgIpc) is 2.93. The van der Waals surface area contributed by atoms with Crippen molar-refractivity contribution in [3.63, 3.8) is 0 Å². The molecule has 2 N–H and O–H groups in total. The van der Waals surface area contributed by atoms with Gasteiger partial charge in [-0.25, -0.2) is 0 Å². The predicted molar refractivity (Wildman–Crippen MR) is 193 cm³/mol. The molecule has 6 heteroatoms. The average molecular weight is 808 g/mol. The van der Waals surface area contributed by atoms with Gasteiger partial charge in [0.15, 0.2) is 17.4 Å². The van der Waals surface area contributed by atoms with Gasteiger partial charge in [-0.1, -0.05) is 194 Å². The van der Waals surface area contributed by atoms with E-state index in [1.54, 1.807) is 0 Å². The molecule has 4 nitrogen and oxygen atoms in total. The zero-order valence-electron chi connectivity index (χ0n) is 28.0. The second-order valence-corrected chi connectivity index (χ2v) is 12.2. The molecule has 2 radical (unpaired) electrons. The Morgan fingerprint density at radius 2 is 0.476 bits per heavy atom. The number of carbonyl (C=O) groups is 2. The molecule has 0 bridgehead atoms. The summed E-state index contributed by atoms with van der Waals surface area (Å²) in [5.74, 6) is -1.31. The standard InChI is InChI=1S/2C18H36O2.Al.Pb.5H/c2*1-2-3-4-5-6-7-8-9-10-11-12-13-14-15-16-17-18(19)20;;;;;;;/h2*2-17H2,1H3,(H,19,20);;;;;;;. The second-order valence-electron chi connectivity index (χ2n) is 12.2. The van der Waals surface area contributed by atoms with E-state index in [-0.39, 0.29) is 44.7 Å². The van der Waals surface area contributed by atoms with Crippen LogP contribution in [0.5, 0.6) is 0 Å². The van der Waals surface area contributed by atoms with Gasteiger partial charge in [0, 0.05) is 12.8 Å². The zero-order valence-corrected chi connectivity index (χ0v) is 33.5. The summed E-state index contributed by atoms with van der Waals surface area (Å²) in [6, 6.07) is 0. The van der Waals surface area contributed by atoms with Crippen molar-refractivity contribution in [1.82, 2.24) is 0 Å². The van der Waals surface area contributed by atoms with Crippen LogP contribution < -0.4 is 0 Å². The third-order valence-corrected chi connectivity index (χ3v) is 7.99. The van der Waals surface area contributed by atoms with E-state index in [1.807, 2.05) is 0 Å². The molecule has 0 unspecified atom stereocenters. The third-order valence-electron chi connectivity index (χ3n) is 7.99. The molecule has 0 aromatic heterocycles. The first-order valence-corrected chi connectivity index (χ1v) is 18.0. The first-order valence-electron chi connectivity index (χ1n) is 18.0. The molecule has 0 aliphatic carbocycles. The minimum atomic E-state index is -0.653. The molecule has 0 aliphatic heterocycles. The number of aliphatic carboxylic acids is 2. The van der Waals surface area contributed by atoms with Crippen LogP contribution in [0, 0.1) is 0 Å². The molecule has 0 saturated carbocycles. The van der Waals surface area contributed by atoms with Gasteiger partial charge in [0.1, 0.15) is 0 Å². The Labute approximate surface area is 294 Å². The van der Waals surface area contributed by atoms with Crippen LogP contribution in [0.2, 0.25) is 0 Å². The molecule has 0 amide bonds. The Balaban J connectivity index is -0.000000328. The Kier molecular flexibility index (Phi) is 53.8. The summed E-state index contributed by atoms with van der Waals surface area (Å²) < 4.78 is 0. The van der Waals surface area contributed by atoms with E-state index < -0.39 is 11.9 Å². The van der Waals surface area contributed by atoms with Crippen LogP contribution in [0.3, 0.4) is 0 Å². The molecular formula is C36H77AlO4Pb. The van der Waals surface area contributed by atoms with Crippen LogP contribution in [0.25, 0.3) is 0 Å². The topological polar surface area (TPSA) is 74.6 Å². The fourth-order valence-corrected chi connectivity index (χ4v) is 5.30. The summed E-state index contributed by atoms with van der Waals surface area (Å²) in [7, 11) is 0. The number of hydrogen-bond donors (Lipinski definition) is 2. The van der Waals surface area contributed by atoms with E-state index in [1.165, 1.54) is 167 Å². The Hall–Kier alpha value is 0.395. The first-order chi connectivity index (χ1) is 19.5. The van der Waals surface area contributed by atoms with E-state index in [0.717, 1.165) is 25.7 Å². The van der Waals surface area contributed by atoms with Crippen molar-refractivity contribution in [2.75, 3.05) is 0 Å². The van der Waals surface area contributed by atoms with Gasteiger partial charge in [-0.05, 0) is 12.8 Å². The number of carboxylic acid groups (broad SMARTS) is 2. The van der Waals surface area contributed by atoms with E-state index in [4.69, 9.17) is 10.2 Å². The van der Waals surface area contributed by atoms with Crippen molar-refractivity contribution in [2.24, 2.45) is 0 Å². The molecular weight excluding hydrogens is 731 g/mol. The quantitative estimate of drug-likeness (QED) is 0.0524. The van der Waals surface area contributed by atoms with Gasteiger partial charge < -0.3 is 10.2 Å². The third kappa shape index (κ3) is 53.0. The Morgan fingerprint density at radius 1 is 0.333 bits per heavy atom. The molecule has 0 heterocycles. The monoisotopic (exact) mass is 809 g/mol. The van der Waals surface area contributed by atoms with Crippen LogP contribution in [0.1, 0.15) is 219 Å². The fraction of sp³-hybridized carbons (Fsp3) is 0.944. The van der Waals surface area contributed by atoms with Gasteiger partial charge in [0.2, 0.25) is 0 Å². The Bertz CT molecular complexity index is 461. The number of hydrogen-bond acceptors (Lipinski definition) is 2. The molecule has 42 heavy (non-hydrogen) atoms. The summed E-state index contributed by atoms with van der Waals surface area (Å²) in [4.78, 5) is 20.7. The van der Waals surface area contributed by atoms with Crippen molar-refractivity contribution in [3.8, 4) is 0 Å². The number of rotatable bonds is 32. The second kappa shape index (κ2) is 45.8. The Morgan fingerprint density at radius 3 is 0.619 bits per heavy atom. The van der Waals surface area contributed by atoms with Gasteiger partial charge >= 0.3 is 39.2 Å². The van der Waals surface area contributed by atoms with Crippen molar-refractivity contribution >= 4 is 56.6 Å². The molecule has 0 aromatic rings. The fourth-order valence-electron chi connectivity index (χ4n) is 5.30. The molecule has 0 aromatic carbocycles. The van der Waals surface area contributed by atoms with Crippen LogP contribution in [0.4, 0.5) is 0 Å².